The van der Waals surface area contributed by atoms with Crippen molar-refractivity contribution >= 4 is 11.6 Å². The Morgan fingerprint density at radius 1 is 1.18 bits per heavy atom. The number of piperidine rings is 1. The van der Waals surface area contributed by atoms with Gasteiger partial charge in [0.1, 0.15) is 5.69 Å². The van der Waals surface area contributed by atoms with Crippen LogP contribution in [0, 0.1) is 11.3 Å². The zero-order valence-electron chi connectivity index (χ0n) is 15.4. The van der Waals surface area contributed by atoms with Gasteiger partial charge < -0.3 is 10.6 Å². The first-order chi connectivity index (χ1) is 13.7. The molecule has 28 heavy (non-hydrogen) atoms. The molecule has 1 amide bonds. The minimum Gasteiger partial charge on any atom is -0.321 e. The zero-order chi connectivity index (χ0) is 19.3. The summed E-state index contributed by atoms with van der Waals surface area (Å²) < 4.78 is 0. The highest BCUT2D eigenvalue weighted by molar-refractivity contribution is 6.03. The number of carbonyl (C=O) groups is 1. The van der Waals surface area contributed by atoms with Crippen molar-refractivity contribution in [3.63, 3.8) is 0 Å². The lowest BCUT2D eigenvalue weighted by Crippen LogP contribution is -2.28. The van der Waals surface area contributed by atoms with E-state index in [-0.39, 0.29) is 5.91 Å². The molecule has 2 heterocycles. The average Bonchev–Trinajstić information content (AvgIpc) is 3.25. The van der Waals surface area contributed by atoms with Crippen molar-refractivity contribution in [2.24, 2.45) is 0 Å². The number of rotatable bonds is 4. The molecule has 1 aromatic heterocycles. The van der Waals surface area contributed by atoms with Crippen LogP contribution in [0.15, 0.2) is 54.6 Å². The smallest absolute Gasteiger partial charge is 0.273 e. The molecule has 3 aromatic rings. The van der Waals surface area contributed by atoms with E-state index in [1.165, 1.54) is 18.4 Å². The molecule has 0 radical (unpaired) electrons. The first kappa shape index (κ1) is 18.0. The van der Waals surface area contributed by atoms with Gasteiger partial charge >= 0.3 is 0 Å². The normalized spacial score (nSPS) is 16.3. The number of nitrogens with one attached hydrogen (secondary N) is 3. The third kappa shape index (κ3) is 3.95. The Bertz CT molecular complexity index is 1010. The van der Waals surface area contributed by atoms with Crippen molar-refractivity contribution in [3.8, 4) is 17.3 Å². The minimum absolute atomic E-state index is 0.248. The van der Waals surface area contributed by atoms with E-state index < -0.39 is 0 Å². The van der Waals surface area contributed by atoms with Gasteiger partial charge in [0.15, 0.2) is 0 Å². The predicted octanol–water partition coefficient (Wildman–Crippen LogP) is 3.67. The summed E-state index contributed by atoms with van der Waals surface area (Å²) in [5.74, 6) is 0.292. The van der Waals surface area contributed by atoms with Gasteiger partial charge in [-0.3, -0.25) is 9.89 Å². The van der Waals surface area contributed by atoms with Crippen molar-refractivity contribution in [2.45, 2.75) is 18.8 Å². The Labute approximate surface area is 163 Å². The van der Waals surface area contributed by atoms with Crippen LogP contribution in [0.3, 0.4) is 0 Å². The molecule has 140 valence electrons. The van der Waals surface area contributed by atoms with E-state index in [0.29, 0.717) is 22.9 Å². The van der Waals surface area contributed by atoms with Crippen molar-refractivity contribution in [3.05, 3.63) is 71.4 Å². The van der Waals surface area contributed by atoms with Crippen LogP contribution in [0.1, 0.15) is 40.4 Å². The van der Waals surface area contributed by atoms with Crippen LogP contribution in [0.2, 0.25) is 0 Å². The van der Waals surface area contributed by atoms with Gasteiger partial charge in [0.05, 0.1) is 17.3 Å². The van der Waals surface area contributed by atoms with E-state index >= 15 is 0 Å². The summed E-state index contributed by atoms with van der Waals surface area (Å²) in [5, 5.41) is 22.3. The largest absolute Gasteiger partial charge is 0.321 e. The van der Waals surface area contributed by atoms with E-state index in [4.69, 9.17) is 5.26 Å². The van der Waals surface area contributed by atoms with Crippen LogP contribution < -0.4 is 10.6 Å². The highest BCUT2D eigenvalue weighted by atomic mass is 16.1. The van der Waals surface area contributed by atoms with E-state index in [2.05, 4.69) is 39.0 Å². The number of aromatic amines is 1. The summed E-state index contributed by atoms with van der Waals surface area (Å²) in [6.07, 6.45) is 2.39. The summed E-state index contributed by atoms with van der Waals surface area (Å²) in [5.41, 5.74) is 4.39. The number of amides is 1. The van der Waals surface area contributed by atoms with Gasteiger partial charge in [0.25, 0.3) is 5.91 Å². The molecule has 2 aromatic carbocycles. The maximum absolute atomic E-state index is 12.5. The molecule has 1 fully saturated rings. The summed E-state index contributed by atoms with van der Waals surface area (Å²) in [7, 11) is 0. The van der Waals surface area contributed by atoms with Crippen molar-refractivity contribution in [1.29, 1.82) is 5.26 Å². The van der Waals surface area contributed by atoms with Gasteiger partial charge in [-0.25, -0.2) is 0 Å². The highest BCUT2D eigenvalue weighted by Crippen LogP contribution is 2.25. The molecule has 6 nitrogen and oxygen atoms in total. The van der Waals surface area contributed by atoms with Gasteiger partial charge in [-0.05, 0) is 61.2 Å². The van der Waals surface area contributed by atoms with Crippen molar-refractivity contribution < 1.29 is 4.79 Å². The first-order valence-corrected chi connectivity index (χ1v) is 9.41. The number of hydrogen-bond acceptors (Lipinski definition) is 4. The Balaban J connectivity index is 1.44. The molecule has 0 bridgehead atoms. The second-order valence-corrected chi connectivity index (χ2v) is 6.98. The molecule has 6 heteroatoms. The number of hydrogen-bond donors (Lipinski definition) is 3. The van der Waals surface area contributed by atoms with E-state index in [1.807, 2.05) is 18.2 Å². The van der Waals surface area contributed by atoms with Crippen LogP contribution in [0.5, 0.6) is 0 Å². The summed E-state index contributed by atoms with van der Waals surface area (Å²) in [6, 6.07) is 19.0. The number of nitrogens with zero attached hydrogens (tertiary/aromatic N) is 2. The van der Waals surface area contributed by atoms with Gasteiger partial charge in [-0.15, -0.1) is 0 Å². The molecule has 3 N–H and O–H groups in total. The summed E-state index contributed by atoms with van der Waals surface area (Å²) >= 11 is 0. The van der Waals surface area contributed by atoms with E-state index in [9.17, 15) is 4.79 Å². The first-order valence-electron chi connectivity index (χ1n) is 9.41. The Hall–Kier alpha value is -3.43. The number of nitriles is 1. The molecule has 1 unspecified atom stereocenters. The van der Waals surface area contributed by atoms with Gasteiger partial charge in [0, 0.05) is 17.8 Å². The molecule has 1 aliphatic rings. The zero-order valence-corrected chi connectivity index (χ0v) is 15.4. The molecule has 1 atom stereocenters. The number of benzene rings is 2. The van der Waals surface area contributed by atoms with Crippen LogP contribution in [-0.2, 0) is 0 Å². The number of H-pyrrole nitrogens is 1. The molecule has 0 spiro atoms. The Morgan fingerprint density at radius 3 is 2.79 bits per heavy atom. The molecule has 1 saturated heterocycles. The SMILES string of the molecule is N#Cc1cccc(-c2cc(C(=O)Nc3ccc(C4CCCNC4)cc3)[nH]n2)c1. The fraction of sp³-hybridized carbons (Fsp3) is 0.227. The van der Waals surface area contributed by atoms with Crippen molar-refractivity contribution in [2.75, 3.05) is 18.4 Å². The fourth-order valence-corrected chi connectivity index (χ4v) is 3.51. The number of aromatic nitrogens is 2. The lowest BCUT2D eigenvalue weighted by Gasteiger charge is -2.23. The predicted molar refractivity (Wildman–Crippen MR) is 108 cm³/mol. The molecular weight excluding hydrogens is 350 g/mol. The second-order valence-electron chi connectivity index (χ2n) is 6.98. The van der Waals surface area contributed by atoms with Crippen molar-refractivity contribution in [1.82, 2.24) is 15.5 Å². The monoisotopic (exact) mass is 371 g/mol. The maximum Gasteiger partial charge on any atom is 0.273 e. The quantitative estimate of drug-likeness (QED) is 0.652. The van der Waals surface area contributed by atoms with E-state index in [0.717, 1.165) is 24.3 Å². The van der Waals surface area contributed by atoms with Crippen LogP contribution >= 0.6 is 0 Å². The Kier molecular flexibility index (Phi) is 5.18. The molecule has 0 saturated carbocycles. The third-order valence-corrected chi connectivity index (χ3v) is 5.05. The summed E-state index contributed by atoms with van der Waals surface area (Å²) in [6.45, 7) is 2.10. The van der Waals surface area contributed by atoms with Gasteiger partial charge in [-0.1, -0.05) is 24.3 Å². The second kappa shape index (κ2) is 8.07. The molecule has 4 rings (SSSR count). The summed E-state index contributed by atoms with van der Waals surface area (Å²) in [4.78, 5) is 12.5. The van der Waals surface area contributed by atoms with Gasteiger partial charge in [-0.2, -0.15) is 10.4 Å². The van der Waals surface area contributed by atoms with Crippen LogP contribution in [0.25, 0.3) is 11.3 Å². The Morgan fingerprint density at radius 2 is 2.04 bits per heavy atom. The lowest BCUT2D eigenvalue weighted by molar-refractivity contribution is 0.102. The van der Waals surface area contributed by atoms with Gasteiger partial charge in [0.2, 0.25) is 0 Å². The van der Waals surface area contributed by atoms with Crippen LogP contribution in [0.4, 0.5) is 5.69 Å². The number of anilines is 1. The third-order valence-electron chi connectivity index (χ3n) is 5.05. The maximum atomic E-state index is 12.5. The molecular formula is C22H21N5O. The minimum atomic E-state index is -0.248. The topological polar surface area (TPSA) is 93.6 Å². The fourth-order valence-electron chi connectivity index (χ4n) is 3.51. The average molecular weight is 371 g/mol. The highest BCUT2D eigenvalue weighted by Gasteiger charge is 2.15. The molecule has 1 aliphatic heterocycles. The number of carbonyl (C=O) groups excluding carboxylic acids is 1. The lowest BCUT2D eigenvalue weighted by atomic mass is 9.92. The standard InChI is InChI=1S/C22H21N5O/c23-13-15-3-1-4-17(11-15)20-12-21(27-26-20)22(28)25-19-8-6-16(7-9-19)18-5-2-10-24-14-18/h1,3-4,6-9,11-12,18,24H,2,5,10,14H2,(H,25,28)(H,26,27). The molecule has 0 aliphatic carbocycles. The van der Waals surface area contributed by atoms with Crippen LogP contribution in [-0.4, -0.2) is 29.2 Å². The van der Waals surface area contributed by atoms with E-state index in [1.54, 1.807) is 24.3 Å².